The molecular weight excluding hydrogens is 196 g/mol. The molecule has 0 radical (unpaired) electrons. The van der Waals surface area contributed by atoms with Crippen LogP contribution in [0.2, 0.25) is 0 Å². The Kier molecular flexibility index (Phi) is 5.21. The van der Waals surface area contributed by atoms with E-state index in [1.165, 1.54) is 51.9 Å². The Morgan fingerprint density at radius 1 is 1.36 bits per heavy atom. The number of hydrogen-bond donors (Lipinski definition) is 1. The lowest BCUT2D eigenvalue weighted by Crippen LogP contribution is -2.59. The molecule has 0 saturated carbocycles. The van der Waals surface area contributed by atoms with Crippen LogP contribution in [-0.4, -0.2) is 37.1 Å². The van der Waals surface area contributed by atoms with E-state index in [0.717, 1.165) is 12.0 Å². The monoisotopic (exact) mass is 218 g/mol. The zero-order valence-corrected chi connectivity index (χ0v) is 9.98. The van der Waals surface area contributed by atoms with E-state index in [4.69, 9.17) is 0 Å². The summed E-state index contributed by atoms with van der Waals surface area (Å²) in [4.78, 5) is 2.71. The molecule has 0 spiro atoms. The summed E-state index contributed by atoms with van der Waals surface area (Å²) in [6, 6.07) is 0.875. The Bertz CT molecular complexity index is 157. The lowest BCUT2D eigenvalue weighted by Gasteiger charge is -2.42. The Hall–Kier alpha value is 0.210. The van der Waals surface area contributed by atoms with E-state index in [1.807, 2.05) is 0 Å². The summed E-state index contributed by atoms with van der Waals surface area (Å²) in [5, 5.41) is 3.36. The maximum absolute atomic E-state index is 3.36. The molecule has 0 aromatic heterocycles. The normalized spacial score (nSPS) is 29.4. The molecule has 2 fully saturated rings. The van der Waals surface area contributed by atoms with E-state index in [9.17, 15) is 0 Å². The second kappa shape index (κ2) is 5.94. The Morgan fingerprint density at radius 3 is 2.71 bits per heavy atom. The van der Waals surface area contributed by atoms with Crippen molar-refractivity contribution in [2.75, 3.05) is 26.2 Å². The van der Waals surface area contributed by atoms with Crippen molar-refractivity contribution < 1.29 is 0 Å². The fourth-order valence-electron chi connectivity index (χ4n) is 2.60. The third-order valence-electron chi connectivity index (χ3n) is 3.52. The van der Waals surface area contributed by atoms with Gasteiger partial charge in [-0.3, -0.25) is 4.90 Å². The third-order valence-corrected chi connectivity index (χ3v) is 3.52. The first kappa shape index (κ1) is 12.3. The second-order valence-electron chi connectivity index (χ2n) is 4.60. The zero-order chi connectivity index (χ0) is 9.10. The molecule has 14 heavy (non-hydrogen) atoms. The fourth-order valence-corrected chi connectivity index (χ4v) is 2.60. The lowest BCUT2D eigenvalue weighted by atomic mass is 9.92. The van der Waals surface area contributed by atoms with Crippen LogP contribution in [0.15, 0.2) is 0 Å². The van der Waals surface area contributed by atoms with E-state index in [0.29, 0.717) is 0 Å². The number of halogens is 1. The van der Waals surface area contributed by atoms with Gasteiger partial charge in [-0.2, -0.15) is 0 Å². The van der Waals surface area contributed by atoms with Crippen molar-refractivity contribution in [3.05, 3.63) is 0 Å². The number of rotatable bonds is 3. The Balaban J connectivity index is 0.000000980. The quantitative estimate of drug-likeness (QED) is 0.779. The average Bonchev–Trinajstić information content (AvgIpc) is 2.02. The molecule has 3 heteroatoms. The van der Waals surface area contributed by atoms with Crippen molar-refractivity contribution in [1.29, 1.82) is 0 Å². The van der Waals surface area contributed by atoms with E-state index < -0.39 is 0 Å². The van der Waals surface area contributed by atoms with E-state index in [2.05, 4.69) is 17.1 Å². The highest BCUT2D eigenvalue weighted by Gasteiger charge is 2.28. The maximum atomic E-state index is 3.36. The third kappa shape index (κ3) is 2.85. The van der Waals surface area contributed by atoms with Crippen LogP contribution in [0.1, 0.15) is 32.6 Å². The van der Waals surface area contributed by atoms with Gasteiger partial charge in [0, 0.05) is 25.7 Å². The molecule has 84 valence electrons. The molecule has 1 atom stereocenters. The predicted octanol–water partition coefficient (Wildman–Crippen LogP) is 1.89. The molecule has 2 aliphatic heterocycles. The van der Waals surface area contributed by atoms with Crippen molar-refractivity contribution in [3.8, 4) is 0 Å². The van der Waals surface area contributed by atoms with E-state index in [-0.39, 0.29) is 12.4 Å². The van der Waals surface area contributed by atoms with Gasteiger partial charge in [0.1, 0.15) is 0 Å². The molecule has 1 N–H and O–H groups in total. The molecule has 2 aliphatic rings. The summed E-state index contributed by atoms with van der Waals surface area (Å²) < 4.78 is 0. The van der Waals surface area contributed by atoms with Crippen LogP contribution in [0.4, 0.5) is 0 Å². The summed E-state index contributed by atoms with van der Waals surface area (Å²) >= 11 is 0. The minimum Gasteiger partial charge on any atom is -0.314 e. The fraction of sp³-hybridized carbons (Fsp3) is 1.00. The van der Waals surface area contributed by atoms with Gasteiger partial charge < -0.3 is 5.32 Å². The van der Waals surface area contributed by atoms with Gasteiger partial charge in [-0.15, -0.1) is 12.4 Å². The van der Waals surface area contributed by atoms with Crippen LogP contribution in [0.3, 0.4) is 0 Å². The average molecular weight is 219 g/mol. The minimum absolute atomic E-state index is 0. The summed E-state index contributed by atoms with van der Waals surface area (Å²) in [5.74, 6) is 0.999. The van der Waals surface area contributed by atoms with Gasteiger partial charge >= 0.3 is 0 Å². The molecule has 0 amide bonds. The van der Waals surface area contributed by atoms with Crippen LogP contribution in [0.25, 0.3) is 0 Å². The molecule has 2 rings (SSSR count). The minimum atomic E-state index is 0. The van der Waals surface area contributed by atoms with Gasteiger partial charge in [0.15, 0.2) is 0 Å². The topological polar surface area (TPSA) is 15.3 Å². The standard InChI is InChI=1S/C11H22N2.ClH/c1-2-4-10-5-3-6-13(9-10)11-7-12-8-11;/h10-12H,2-9H2,1H3;1H. The van der Waals surface area contributed by atoms with Crippen molar-refractivity contribution in [2.24, 2.45) is 5.92 Å². The van der Waals surface area contributed by atoms with Gasteiger partial charge in [0.25, 0.3) is 0 Å². The Labute approximate surface area is 93.8 Å². The SMILES string of the molecule is CCCC1CCCN(C2CNC2)C1.Cl. The summed E-state index contributed by atoms with van der Waals surface area (Å²) in [6.07, 6.45) is 5.71. The molecule has 0 aliphatic carbocycles. The summed E-state index contributed by atoms with van der Waals surface area (Å²) in [7, 11) is 0. The number of nitrogens with zero attached hydrogens (tertiary/aromatic N) is 1. The van der Waals surface area contributed by atoms with Gasteiger partial charge in [-0.1, -0.05) is 13.3 Å². The van der Waals surface area contributed by atoms with Crippen molar-refractivity contribution in [3.63, 3.8) is 0 Å². The van der Waals surface area contributed by atoms with E-state index in [1.54, 1.807) is 0 Å². The smallest absolute Gasteiger partial charge is 0.0345 e. The van der Waals surface area contributed by atoms with Crippen LogP contribution < -0.4 is 5.32 Å². The largest absolute Gasteiger partial charge is 0.314 e. The summed E-state index contributed by atoms with van der Waals surface area (Å²) in [5.41, 5.74) is 0. The molecular formula is C11H23ClN2. The first-order chi connectivity index (χ1) is 6.40. The maximum Gasteiger partial charge on any atom is 0.0345 e. The number of nitrogens with one attached hydrogen (secondary N) is 1. The number of likely N-dealkylation sites (tertiary alicyclic amines) is 1. The number of hydrogen-bond acceptors (Lipinski definition) is 2. The van der Waals surface area contributed by atoms with Crippen LogP contribution in [0.5, 0.6) is 0 Å². The van der Waals surface area contributed by atoms with E-state index >= 15 is 0 Å². The first-order valence-corrected chi connectivity index (χ1v) is 5.85. The molecule has 2 heterocycles. The van der Waals surface area contributed by atoms with Gasteiger partial charge in [0.2, 0.25) is 0 Å². The predicted molar refractivity (Wildman–Crippen MR) is 63.1 cm³/mol. The van der Waals surface area contributed by atoms with Gasteiger partial charge in [0.05, 0.1) is 0 Å². The van der Waals surface area contributed by atoms with Crippen molar-refractivity contribution >= 4 is 12.4 Å². The van der Waals surface area contributed by atoms with Crippen LogP contribution >= 0.6 is 12.4 Å². The van der Waals surface area contributed by atoms with Crippen molar-refractivity contribution in [1.82, 2.24) is 10.2 Å². The number of piperidine rings is 1. The summed E-state index contributed by atoms with van der Waals surface area (Å²) in [6.45, 7) is 7.51. The molecule has 1 unspecified atom stereocenters. The molecule has 0 bridgehead atoms. The highest BCUT2D eigenvalue weighted by molar-refractivity contribution is 5.85. The highest BCUT2D eigenvalue weighted by Crippen LogP contribution is 2.23. The van der Waals surface area contributed by atoms with Crippen LogP contribution in [0, 0.1) is 5.92 Å². The first-order valence-electron chi connectivity index (χ1n) is 5.85. The Morgan fingerprint density at radius 2 is 2.14 bits per heavy atom. The highest BCUT2D eigenvalue weighted by atomic mass is 35.5. The lowest BCUT2D eigenvalue weighted by molar-refractivity contribution is 0.0877. The van der Waals surface area contributed by atoms with Gasteiger partial charge in [-0.25, -0.2) is 0 Å². The molecule has 2 nitrogen and oxygen atoms in total. The molecule has 0 aromatic carbocycles. The van der Waals surface area contributed by atoms with Crippen LogP contribution in [-0.2, 0) is 0 Å². The second-order valence-corrected chi connectivity index (χ2v) is 4.60. The molecule has 2 saturated heterocycles. The zero-order valence-electron chi connectivity index (χ0n) is 9.17. The molecule has 0 aromatic rings. The van der Waals surface area contributed by atoms with Crippen molar-refractivity contribution in [2.45, 2.75) is 38.6 Å². The van der Waals surface area contributed by atoms with Gasteiger partial charge in [-0.05, 0) is 31.7 Å².